The summed E-state index contributed by atoms with van der Waals surface area (Å²) in [5.41, 5.74) is 1.11. The predicted octanol–water partition coefficient (Wildman–Crippen LogP) is 4.61. The van der Waals surface area contributed by atoms with Crippen LogP contribution in [0.3, 0.4) is 0 Å². The van der Waals surface area contributed by atoms with Crippen molar-refractivity contribution in [2.45, 2.75) is 4.90 Å². The molecule has 3 aromatic carbocycles. The Morgan fingerprint density at radius 2 is 1.30 bits per heavy atom. The zero-order chi connectivity index (χ0) is 27.2. The molecule has 0 aliphatic carbocycles. The number of nitro groups is 1. The van der Waals surface area contributed by atoms with Crippen molar-refractivity contribution in [3.63, 3.8) is 0 Å². The average Bonchev–Trinajstić information content (AvgIpc) is 2.91. The highest BCUT2D eigenvalue weighted by molar-refractivity contribution is 7.92. The lowest BCUT2D eigenvalue weighted by atomic mass is 10.1. The van der Waals surface area contributed by atoms with Gasteiger partial charge in [0.05, 0.1) is 51.1 Å². The zero-order valence-corrected chi connectivity index (χ0v) is 21.6. The topological polar surface area (TPSA) is 135 Å². The molecule has 0 saturated carbocycles. The van der Waals surface area contributed by atoms with Gasteiger partial charge in [0.15, 0.2) is 23.0 Å². The van der Waals surface area contributed by atoms with Crippen molar-refractivity contribution in [3.8, 4) is 28.7 Å². The average molecular weight is 531 g/mol. The molecule has 0 aliphatic rings. The van der Waals surface area contributed by atoms with Gasteiger partial charge in [-0.2, -0.15) is 0 Å². The molecule has 0 bridgehead atoms. The van der Waals surface area contributed by atoms with E-state index in [4.69, 9.17) is 23.7 Å². The van der Waals surface area contributed by atoms with Crippen molar-refractivity contribution in [3.05, 3.63) is 69.8 Å². The number of nitrogens with zero attached hydrogens (tertiary/aromatic N) is 1. The minimum Gasteiger partial charge on any atom is -0.493 e. The van der Waals surface area contributed by atoms with E-state index in [1.807, 2.05) is 0 Å². The van der Waals surface area contributed by atoms with Gasteiger partial charge < -0.3 is 23.7 Å². The van der Waals surface area contributed by atoms with Crippen LogP contribution in [-0.2, 0) is 10.0 Å². The molecule has 11 nitrogen and oxygen atoms in total. The van der Waals surface area contributed by atoms with Crippen molar-refractivity contribution in [1.29, 1.82) is 0 Å². The van der Waals surface area contributed by atoms with Gasteiger partial charge in [-0.25, -0.2) is 8.42 Å². The first kappa shape index (κ1) is 27.1. The molecule has 196 valence electrons. The number of benzene rings is 3. The van der Waals surface area contributed by atoms with Gasteiger partial charge in [-0.15, -0.1) is 0 Å². The first-order valence-corrected chi connectivity index (χ1v) is 12.2. The number of hydrogen-bond donors (Lipinski definition) is 1. The van der Waals surface area contributed by atoms with Gasteiger partial charge in [-0.05, 0) is 35.9 Å². The molecule has 3 rings (SSSR count). The number of ether oxygens (including phenoxy) is 5. The van der Waals surface area contributed by atoms with E-state index < -0.39 is 14.9 Å². The highest BCUT2D eigenvalue weighted by Crippen LogP contribution is 2.39. The fourth-order valence-corrected chi connectivity index (χ4v) is 4.53. The fourth-order valence-electron chi connectivity index (χ4n) is 3.46. The molecule has 0 aromatic heterocycles. The van der Waals surface area contributed by atoms with Gasteiger partial charge >= 0.3 is 0 Å². The SMILES string of the molecule is COc1cc(C=Cc2cc(OC)c(OC)c(OC)c2)c(NS(=O)(=O)c2ccc([N+](=O)[O-])cc2)cc1OC. The standard InChI is InChI=1S/C25H26N2O9S/c1-32-21-14-17(7-6-16-12-23(34-3)25(36-5)24(13-16)35-4)20(15-22(21)33-2)26-37(30,31)19-10-8-18(9-11-19)27(28)29/h6-15,26H,1-5H3. The predicted molar refractivity (Wildman–Crippen MR) is 138 cm³/mol. The monoisotopic (exact) mass is 530 g/mol. The molecule has 0 amide bonds. The molecule has 0 fully saturated rings. The quantitative estimate of drug-likeness (QED) is 0.214. The fraction of sp³-hybridized carbons (Fsp3) is 0.200. The van der Waals surface area contributed by atoms with E-state index >= 15 is 0 Å². The first-order valence-electron chi connectivity index (χ1n) is 10.7. The third kappa shape index (κ3) is 6.04. The molecule has 1 N–H and O–H groups in total. The van der Waals surface area contributed by atoms with Gasteiger partial charge in [-0.3, -0.25) is 14.8 Å². The largest absolute Gasteiger partial charge is 0.493 e. The van der Waals surface area contributed by atoms with Crippen molar-refractivity contribution in [2.75, 3.05) is 40.3 Å². The minimum atomic E-state index is -4.10. The summed E-state index contributed by atoms with van der Waals surface area (Å²) in [5, 5.41) is 10.9. The van der Waals surface area contributed by atoms with E-state index in [9.17, 15) is 18.5 Å². The number of sulfonamides is 1. The molecule has 3 aromatic rings. The van der Waals surface area contributed by atoms with Crippen LogP contribution in [0.2, 0.25) is 0 Å². The Kier molecular flexibility index (Phi) is 8.45. The number of nitrogens with one attached hydrogen (secondary N) is 1. The van der Waals surface area contributed by atoms with Crippen LogP contribution < -0.4 is 28.4 Å². The summed E-state index contributed by atoms with van der Waals surface area (Å²) < 4.78 is 55.5. The molecular weight excluding hydrogens is 504 g/mol. The Bertz CT molecular complexity index is 1390. The molecule has 0 atom stereocenters. The molecule has 0 heterocycles. The molecule has 0 radical (unpaired) electrons. The molecule has 12 heteroatoms. The number of hydrogen-bond acceptors (Lipinski definition) is 9. The highest BCUT2D eigenvalue weighted by atomic mass is 32.2. The Morgan fingerprint density at radius 3 is 1.78 bits per heavy atom. The smallest absolute Gasteiger partial charge is 0.269 e. The molecule has 0 aliphatic heterocycles. The van der Waals surface area contributed by atoms with Crippen molar-refractivity contribution in [1.82, 2.24) is 0 Å². The van der Waals surface area contributed by atoms with E-state index in [1.54, 1.807) is 30.4 Å². The van der Waals surface area contributed by atoms with Crippen molar-refractivity contribution < 1.29 is 37.0 Å². The third-order valence-electron chi connectivity index (χ3n) is 5.30. The Labute approximate surface area is 214 Å². The molecule has 0 spiro atoms. The minimum absolute atomic E-state index is 0.146. The van der Waals surface area contributed by atoms with Crippen molar-refractivity contribution in [2.24, 2.45) is 0 Å². The number of methoxy groups -OCH3 is 5. The number of anilines is 1. The maximum absolute atomic E-state index is 13.1. The van der Waals surface area contributed by atoms with Gasteiger partial charge in [0.2, 0.25) is 5.75 Å². The van der Waals surface area contributed by atoms with Gasteiger partial charge in [0.25, 0.3) is 15.7 Å². The van der Waals surface area contributed by atoms with Crippen LogP contribution in [0.4, 0.5) is 11.4 Å². The third-order valence-corrected chi connectivity index (χ3v) is 6.68. The Hall–Kier alpha value is -4.45. The van der Waals surface area contributed by atoms with Crippen LogP contribution in [0, 0.1) is 10.1 Å². The molecule has 0 saturated heterocycles. The van der Waals surface area contributed by atoms with Gasteiger partial charge in [-0.1, -0.05) is 12.2 Å². The van der Waals surface area contributed by atoms with E-state index in [1.165, 1.54) is 41.6 Å². The van der Waals surface area contributed by atoms with E-state index in [0.29, 0.717) is 39.9 Å². The summed E-state index contributed by atoms with van der Waals surface area (Å²) in [6.45, 7) is 0. The summed E-state index contributed by atoms with van der Waals surface area (Å²) in [7, 11) is 3.31. The van der Waals surface area contributed by atoms with E-state index in [2.05, 4.69) is 4.72 Å². The second kappa shape index (κ2) is 11.5. The van der Waals surface area contributed by atoms with Gasteiger partial charge in [0, 0.05) is 23.8 Å². The summed E-state index contributed by atoms with van der Waals surface area (Å²) in [4.78, 5) is 10.2. The molecule has 37 heavy (non-hydrogen) atoms. The second-order valence-electron chi connectivity index (χ2n) is 7.44. The maximum atomic E-state index is 13.1. The normalized spacial score (nSPS) is 11.2. The van der Waals surface area contributed by atoms with Gasteiger partial charge in [0.1, 0.15) is 0 Å². The molecule has 0 unspecified atom stereocenters. The zero-order valence-electron chi connectivity index (χ0n) is 20.8. The van der Waals surface area contributed by atoms with Crippen LogP contribution in [0.1, 0.15) is 11.1 Å². The van der Waals surface area contributed by atoms with Crippen LogP contribution in [0.25, 0.3) is 12.2 Å². The summed E-state index contributed by atoms with van der Waals surface area (Å²) in [5.74, 6) is 2.02. The van der Waals surface area contributed by atoms with E-state index in [-0.39, 0.29) is 16.3 Å². The van der Waals surface area contributed by atoms with Crippen molar-refractivity contribution >= 4 is 33.6 Å². The highest BCUT2D eigenvalue weighted by Gasteiger charge is 2.19. The lowest BCUT2D eigenvalue weighted by Gasteiger charge is -2.15. The summed E-state index contributed by atoms with van der Waals surface area (Å²) >= 11 is 0. The summed E-state index contributed by atoms with van der Waals surface area (Å²) in [6.07, 6.45) is 3.41. The first-order chi connectivity index (χ1) is 17.7. The number of rotatable bonds is 11. The maximum Gasteiger partial charge on any atom is 0.269 e. The van der Waals surface area contributed by atoms with Crippen LogP contribution >= 0.6 is 0 Å². The lowest BCUT2D eigenvalue weighted by Crippen LogP contribution is -2.14. The van der Waals surface area contributed by atoms with Crippen LogP contribution in [0.15, 0.2) is 53.4 Å². The molecular formula is C25H26N2O9S. The number of non-ortho nitro benzene ring substituents is 1. The van der Waals surface area contributed by atoms with E-state index in [0.717, 1.165) is 24.3 Å². The Balaban J connectivity index is 2.06. The lowest BCUT2D eigenvalue weighted by molar-refractivity contribution is -0.384. The van der Waals surface area contributed by atoms with Crippen LogP contribution in [-0.4, -0.2) is 48.9 Å². The summed E-state index contributed by atoms with van der Waals surface area (Å²) in [6, 6.07) is 11.1. The number of nitro benzene ring substituents is 1. The Morgan fingerprint density at radius 1 is 0.757 bits per heavy atom. The van der Waals surface area contributed by atoms with Crippen LogP contribution in [0.5, 0.6) is 28.7 Å². The second-order valence-corrected chi connectivity index (χ2v) is 9.13.